The first-order chi connectivity index (χ1) is 12.6. The zero-order valence-electron chi connectivity index (χ0n) is 18.1. The molecule has 0 aliphatic rings. The maximum atomic E-state index is 2.68. The van der Waals surface area contributed by atoms with Crippen molar-refractivity contribution in [3.05, 3.63) is 35.6 Å². The Morgan fingerprint density at radius 3 is 1.58 bits per heavy atom. The second-order valence-electron chi connectivity index (χ2n) is 7.53. The van der Waals surface area contributed by atoms with Gasteiger partial charge in [0, 0.05) is 26.0 Å². The molecule has 1 rings (SSSR count). The molecular weight excluding hydrogens is 333 g/mol. The molecule has 2 heteroatoms. The summed E-state index contributed by atoms with van der Waals surface area (Å²) in [6, 6.07) is 9.18. The molecule has 0 N–H and O–H groups in total. The Labute approximate surface area is 164 Å². The molecule has 0 unspecified atom stereocenters. The Hall–Kier alpha value is -0.810. The van der Waals surface area contributed by atoms with Gasteiger partial charge in [-0.2, -0.15) is 0 Å². The van der Waals surface area contributed by atoms with Crippen molar-refractivity contribution in [3.63, 3.8) is 0 Å². The molecule has 148 valence electrons. The minimum Gasteiger partial charge on any atom is -0.372 e. The van der Waals surface area contributed by atoms with Crippen molar-refractivity contribution in [2.75, 3.05) is 36.5 Å². The molecule has 0 fully saturated rings. The van der Waals surface area contributed by atoms with E-state index in [1.54, 1.807) is 0 Å². The van der Waals surface area contributed by atoms with Crippen molar-refractivity contribution in [1.29, 1.82) is 0 Å². The first-order valence-electron chi connectivity index (χ1n) is 11.0. The van der Waals surface area contributed by atoms with Gasteiger partial charge in [0.15, 0.2) is 0 Å². The van der Waals surface area contributed by atoms with Crippen LogP contribution in [0.1, 0.15) is 78.7 Å². The van der Waals surface area contributed by atoms with Crippen LogP contribution < -0.4 is 4.90 Å². The van der Waals surface area contributed by atoms with Gasteiger partial charge in [-0.15, -0.1) is 0 Å². The van der Waals surface area contributed by atoms with Crippen molar-refractivity contribution in [2.45, 2.75) is 73.1 Å². The Balaban J connectivity index is 2.95. The number of anilines is 1. The Morgan fingerprint density at radius 1 is 0.731 bits per heavy atom. The van der Waals surface area contributed by atoms with Crippen molar-refractivity contribution in [3.8, 4) is 0 Å². The van der Waals surface area contributed by atoms with Crippen molar-refractivity contribution >= 4 is 19.0 Å². The smallest absolute Gasteiger partial charge is 0.0635 e. The van der Waals surface area contributed by atoms with Crippen LogP contribution in [0.3, 0.4) is 0 Å². The van der Waals surface area contributed by atoms with E-state index in [9.17, 15) is 0 Å². The van der Waals surface area contributed by atoms with Gasteiger partial charge in [-0.1, -0.05) is 52.2 Å². The maximum Gasteiger partial charge on any atom is 0.0635 e. The second kappa shape index (κ2) is 13.4. The molecule has 0 aromatic heterocycles. The van der Waals surface area contributed by atoms with Crippen molar-refractivity contribution in [1.82, 2.24) is 0 Å². The second-order valence-corrected chi connectivity index (χ2v) is 11.6. The molecule has 0 bridgehead atoms. The van der Waals surface area contributed by atoms with Crippen LogP contribution in [0.25, 0.3) is 6.08 Å². The topological polar surface area (TPSA) is 3.24 Å². The van der Waals surface area contributed by atoms with Crippen LogP contribution in [0.2, 0.25) is 0 Å². The number of benzene rings is 1. The van der Waals surface area contributed by atoms with Crippen LogP contribution in [0.5, 0.6) is 0 Å². The zero-order valence-corrected chi connectivity index (χ0v) is 19.0. The van der Waals surface area contributed by atoms with Crippen LogP contribution in [0.4, 0.5) is 5.69 Å². The summed E-state index contributed by atoms with van der Waals surface area (Å²) in [5.41, 5.74) is 2.71. The molecular formula is C24H43NP+. The standard InChI is InChI=1S/C24H43NP/c1-6-11-19-26(20-12-7-2,21-13-8-3)22-18-23-14-16-24(17-15-23)25(9-4)10-5/h14-18,22H,6-13,19-21H2,1-5H3/q+1/b22-18+. The SMILES string of the molecule is CCCC[P+](/C=C/c1ccc(N(CC)CC)cc1)(CCCC)CCCC. The highest BCUT2D eigenvalue weighted by Crippen LogP contribution is 2.62. The zero-order chi connectivity index (χ0) is 19.3. The highest BCUT2D eigenvalue weighted by Gasteiger charge is 2.32. The van der Waals surface area contributed by atoms with E-state index in [4.69, 9.17) is 0 Å². The van der Waals surface area contributed by atoms with Crippen molar-refractivity contribution in [2.24, 2.45) is 0 Å². The number of hydrogen-bond acceptors (Lipinski definition) is 1. The lowest BCUT2D eigenvalue weighted by atomic mass is 10.2. The maximum absolute atomic E-state index is 2.68. The number of hydrogen-bond donors (Lipinski definition) is 0. The summed E-state index contributed by atoms with van der Waals surface area (Å²) < 4.78 is 0. The Morgan fingerprint density at radius 2 is 1.19 bits per heavy atom. The Kier molecular flexibility index (Phi) is 11.9. The summed E-state index contributed by atoms with van der Waals surface area (Å²) >= 11 is 0. The van der Waals surface area contributed by atoms with E-state index in [-0.39, 0.29) is 0 Å². The van der Waals surface area contributed by atoms with Gasteiger partial charge in [-0.25, -0.2) is 0 Å². The molecule has 1 nitrogen and oxygen atoms in total. The number of unbranched alkanes of at least 4 members (excludes halogenated alkanes) is 3. The van der Waals surface area contributed by atoms with Gasteiger partial charge in [-0.05, 0) is 56.9 Å². The third-order valence-corrected chi connectivity index (χ3v) is 9.88. The van der Waals surface area contributed by atoms with E-state index in [1.165, 1.54) is 68.3 Å². The van der Waals surface area contributed by atoms with Gasteiger partial charge in [0.05, 0.1) is 24.3 Å². The third kappa shape index (κ3) is 7.83. The molecule has 0 aliphatic heterocycles. The average molecular weight is 377 g/mol. The number of nitrogens with zero attached hydrogens (tertiary/aromatic N) is 1. The molecule has 0 radical (unpaired) electrons. The number of rotatable bonds is 14. The fourth-order valence-corrected chi connectivity index (χ4v) is 8.05. The molecule has 0 amide bonds. The molecule has 0 aliphatic carbocycles. The summed E-state index contributed by atoms with van der Waals surface area (Å²) in [4.78, 5) is 2.41. The Bertz CT molecular complexity index is 466. The third-order valence-electron chi connectivity index (χ3n) is 5.48. The highest BCUT2D eigenvalue weighted by atomic mass is 31.2. The first-order valence-corrected chi connectivity index (χ1v) is 13.5. The highest BCUT2D eigenvalue weighted by molar-refractivity contribution is 7.78. The van der Waals surface area contributed by atoms with Crippen LogP contribution in [-0.4, -0.2) is 31.6 Å². The fraction of sp³-hybridized carbons (Fsp3) is 0.667. The van der Waals surface area contributed by atoms with Crippen molar-refractivity contribution < 1.29 is 0 Å². The molecule has 0 heterocycles. The minimum atomic E-state index is -0.945. The average Bonchev–Trinajstić information content (AvgIpc) is 2.69. The lowest BCUT2D eigenvalue weighted by Crippen LogP contribution is -2.21. The quantitative estimate of drug-likeness (QED) is 0.298. The van der Waals surface area contributed by atoms with E-state index < -0.39 is 7.26 Å². The van der Waals surface area contributed by atoms with Crippen LogP contribution in [-0.2, 0) is 0 Å². The molecule has 0 atom stereocenters. The summed E-state index contributed by atoms with van der Waals surface area (Å²) in [6.07, 6.45) is 15.0. The molecule has 0 saturated carbocycles. The van der Waals surface area contributed by atoms with E-state index in [0.717, 1.165) is 13.1 Å². The largest absolute Gasteiger partial charge is 0.372 e. The van der Waals surface area contributed by atoms with Gasteiger partial charge < -0.3 is 4.90 Å². The van der Waals surface area contributed by atoms with Gasteiger partial charge >= 0.3 is 0 Å². The molecule has 0 saturated heterocycles. The summed E-state index contributed by atoms with van der Waals surface area (Å²) in [5, 5.41) is 0. The summed E-state index contributed by atoms with van der Waals surface area (Å²) in [6.45, 7) is 13.6. The molecule has 0 spiro atoms. The molecule has 1 aromatic carbocycles. The fourth-order valence-electron chi connectivity index (χ4n) is 3.61. The predicted octanol–water partition coefficient (Wildman–Crippen LogP) is 7.92. The molecule has 26 heavy (non-hydrogen) atoms. The minimum absolute atomic E-state index is 0.945. The van der Waals surface area contributed by atoms with E-state index >= 15 is 0 Å². The van der Waals surface area contributed by atoms with Crippen LogP contribution in [0.15, 0.2) is 30.1 Å². The lowest BCUT2D eigenvalue weighted by Gasteiger charge is -2.24. The van der Waals surface area contributed by atoms with Gasteiger partial charge in [-0.3, -0.25) is 0 Å². The van der Waals surface area contributed by atoms with Crippen LogP contribution >= 0.6 is 7.26 Å². The van der Waals surface area contributed by atoms with E-state index in [0.29, 0.717) is 0 Å². The predicted molar refractivity (Wildman–Crippen MR) is 125 cm³/mol. The summed E-state index contributed by atoms with van der Waals surface area (Å²) in [7, 11) is -0.945. The normalized spacial score (nSPS) is 12.0. The van der Waals surface area contributed by atoms with Gasteiger partial charge in [0.1, 0.15) is 0 Å². The monoisotopic (exact) mass is 376 g/mol. The molecule has 1 aromatic rings. The van der Waals surface area contributed by atoms with Gasteiger partial charge in [0.2, 0.25) is 0 Å². The van der Waals surface area contributed by atoms with Gasteiger partial charge in [0.25, 0.3) is 0 Å². The first kappa shape index (κ1) is 23.2. The van der Waals surface area contributed by atoms with E-state index in [2.05, 4.69) is 75.7 Å². The lowest BCUT2D eigenvalue weighted by molar-refractivity contribution is 0.840. The van der Waals surface area contributed by atoms with E-state index in [1.807, 2.05) is 0 Å². The van der Waals surface area contributed by atoms with Crippen LogP contribution in [0, 0.1) is 0 Å². The summed E-state index contributed by atoms with van der Waals surface area (Å²) in [5.74, 6) is 2.68.